The van der Waals surface area contributed by atoms with E-state index in [0.29, 0.717) is 6.42 Å². The SMILES string of the molecule is CCCCCCCCCCCCCC(=O)N[C@H](C)C(=O)[O-].[Na+]. The van der Waals surface area contributed by atoms with E-state index in [1.807, 2.05) is 0 Å². The van der Waals surface area contributed by atoms with Gasteiger partial charge in [0, 0.05) is 6.42 Å². The molecule has 0 rings (SSSR count). The number of aliphatic carboxylic acids is 1. The summed E-state index contributed by atoms with van der Waals surface area (Å²) in [6.07, 6.45) is 14.1. The number of carbonyl (C=O) groups is 2. The summed E-state index contributed by atoms with van der Waals surface area (Å²) in [5.41, 5.74) is 0. The van der Waals surface area contributed by atoms with Gasteiger partial charge in [-0.2, -0.15) is 0 Å². The molecule has 0 radical (unpaired) electrons. The van der Waals surface area contributed by atoms with Crippen LogP contribution in [-0.4, -0.2) is 17.9 Å². The summed E-state index contributed by atoms with van der Waals surface area (Å²) in [6.45, 7) is 3.66. The van der Waals surface area contributed by atoms with Crippen molar-refractivity contribution in [1.29, 1.82) is 0 Å². The van der Waals surface area contributed by atoms with E-state index in [1.165, 1.54) is 58.3 Å². The van der Waals surface area contributed by atoms with Crippen LogP contribution >= 0.6 is 0 Å². The van der Waals surface area contributed by atoms with Crippen molar-refractivity contribution in [2.45, 2.75) is 96.9 Å². The maximum Gasteiger partial charge on any atom is 1.00 e. The normalized spacial score (nSPS) is 11.5. The molecule has 5 heteroatoms. The fourth-order valence-electron chi connectivity index (χ4n) is 2.32. The number of nitrogens with one attached hydrogen (secondary N) is 1. The van der Waals surface area contributed by atoms with Gasteiger partial charge in [0.15, 0.2) is 0 Å². The van der Waals surface area contributed by atoms with E-state index in [0.717, 1.165) is 19.3 Å². The minimum atomic E-state index is -1.23. The molecule has 0 bridgehead atoms. The van der Waals surface area contributed by atoms with Gasteiger partial charge in [-0.25, -0.2) is 0 Å². The molecule has 1 N–H and O–H groups in total. The van der Waals surface area contributed by atoms with E-state index in [4.69, 9.17) is 0 Å². The minimum Gasteiger partial charge on any atom is -0.548 e. The Labute approximate surface area is 158 Å². The number of hydrogen-bond donors (Lipinski definition) is 1. The van der Waals surface area contributed by atoms with E-state index >= 15 is 0 Å². The first-order chi connectivity index (χ1) is 10.1. The summed E-state index contributed by atoms with van der Waals surface area (Å²) < 4.78 is 0. The van der Waals surface area contributed by atoms with Crippen molar-refractivity contribution in [2.24, 2.45) is 0 Å². The number of unbranched alkanes of at least 4 members (excludes halogenated alkanes) is 10. The molecule has 0 aliphatic rings. The standard InChI is InChI=1S/C17H33NO3.Na/c1-3-4-5-6-7-8-9-10-11-12-13-14-16(19)18-15(2)17(20)21;/h15H,3-14H2,1-2H3,(H,18,19)(H,20,21);/q;+1/p-1/t15-;/m1./s1. The molecular formula is C17H32NNaO3. The van der Waals surface area contributed by atoms with Crippen LogP contribution in [0.1, 0.15) is 90.9 Å². The Morgan fingerprint density at radius 2 is 1.27 bits per heavy atom. The number of carboxylic acid groups (broad SMARTS) is 1. The first-order valence-corrected chi connectivity index (χ1v) is 8.58. The molecule has 1 atom stereocenters. The van der Waals surface area contributed by atoms with Gasteiger partial charge in [-0.3, -0.25) is 4.79 Å². The number of amides is 1. The second-order valence-corrected chi connectivity index (χ2v) is 5.89. The molecule has 22 heavy (non-hydrogen) atoms. The maximum absolute atomic E-state index is 11.4. The Morgan fingerprint density at radius 1 is 0.864 bits per heavy atom. The zero-order valence-electron chi connectivity index (χ0n) is 14.8. The van der Waals surface area contributed by atoms with Gasteiger partial charge in [0.05, 0.1) is 12.0 Å². The largest absolute Gasteiger partial charge is 1.00 e. The Morgan fingerprint density at radius 3 is 1.68 bits per heavy atom. The first-order valence-electron chi connectivity index (χ1n) is 8.58. The average Bonchev–Trinajstić information content (AvgIpc) is 2.44. The van der Waals surface area contributed by atoms with Crippen molar-refractivity contribution in [3.05, 3.63) is 0 Å². The van der Waals surface area contributed by atoms with E-state index in [9.17, 15) is 14.7 Å². The number of carboxylic acids is 1. The number of hydrogen-bond acceptors (Lipinski definition) is 3. The van der Waals surface area contributed by atoms with Crippen LogP contribution in [0.5, 0.6) is 0 Å². The van der Waals surface area contributed by atoms with Gasteiger partial charge in [0.25, 0.3) is 0 Å². The third kappa shape index (κ3) is 16.3. The van der Waals surface area contributed by atoms with E-state index < -0.39 is 12.0 Å². The summed E-state index contributed by atoms with van der Waals surface area (Å²) in [5, 5.41) is 12.9. The summed E-state index contributed by atoms with van der Waals surface area (Å²) in [4.78, 5) is 21.9. The summed E-state index contributed by atoms with van der Waals surface area (Å²) >= 11 is 0. The minimum absolute atomic E-state index is 0. The third-order valence-electron chi connectivity index (χ3n) is 3.74. The molecule has 0 aliphatic heterocycles. The first kappa shape index (κ1) is 24.2. The van der Waals surface area contributed by atoms with Gasteiger partial charge in [-0.1, -0.05) is 71.1 Å². The predicted molar refractivity (Wildman–Crippen MR) is 83.7 cm³/mol. The zero-order valence-corrected chi connectivity index (χ0v) is 16.8. The van der Waals surface area contributed by atoms with Crippen LogP contribution in [0.2, 0.25) is 0 Å². The number of rotatable bonds is 14. The van der Waals surface area contributed by atoms with Crippen molar-refractivity contribution >= 4 is 11.9 Å². The summed E-state index contributed by atoms with van der Waals surface area (Å²) in [6, 6.07) is -0.898. The smallest absolute Gasteiger partial charge is 0.548 e. The van der Waals surface area contributed by atoms with Crippen LogP contribution in [0.25, 0.3) is 0 Å². The molecule has 0 heterocycles. The topological polar surface area (TPSA) is 69.2 Å². The monoisotopic (exact) mass is 321 g/mol. The Hall–Kier alpha value is -0.0600. The second-order valence-electron chi connectivity index (χ2n) is 5.89. The molecule has 0 saturated heterocycles. The van der Waals surface area contributed by atoms with Gasteiger partial charge in [0.1, 0.15) is 0 Å². The molecule has 0 unspecified atom stereocenters. The van der Waals surface area contributed by atoms with Crippen LogP contribution in [0.15, 0.2) is 0 Å². The Kier molecular flexibility index (Phi) is 19.0. The zero-order chi connectivity index (χ0) is 15.9. The summed E-state index contributed by atoms with van der Waals surface area (Å²) in [7, 11) is 0. The fraction of sp³-hybridized carbons (Fsp3) is 0.882. The van der Waals surface area contributed by atoms with Gasteiger partial charge >= 0.3 is 29.6 Å². The average molecular weight is 321 g/mol. The molecule has 124 valence electrons. The van der Waals surface area contributed by atoms with Crippen molar-refractivity contribution < 1.29 is 44.3 Å². The van der Waals surface area contributed by atoms with Crippen LogP contribution in [0.4, 0.5) is 0 Å². The molecule has 0 aliphatic carbocycles. The van der Waals surface area contributed by atoms with Crippen LogP contribution in [-0.2, 0) is 9.59 Å². The maximum atomic E-state index is 11.4. The van der Waals surface area contributed by atoms with Crippen molar-refractivity contribution in [3.8, 4) is 0 Å². The molecule has 0 spiro atoms. The van der Waals surface area contributed by atoms with Gasteiger partial charge in [-0.05, 0) is 13.3 Å². The Bertz CT molecular complexity index is 285. The van der Waals surface area contributed by atoms with Crippen molar-refractivity contribution in [2.75, 3.05) is 0 Å². The molecule has 0 fully saturated rings. The quantitative estimate of drug-likeness (QED) is 0.360. The molecule has 4 nitrogen and oxygen atoms in total. The Balaban J connectivity index is 0. The van der Waals surface area contributed by atoms with E-state index in [-0.39, 0.29) is 35.5 Å². The summed E-state index contributed by atoms with van der Waals surface area (Å²) in [5.74, 6) is -1.43. The van der Waals surface area contributed by atoms with Gasteiger partial charge < -0.3 is 15.2 Å². The molecule has 0 aromatic heterocycles. The molecule has 0 aromatic rings. The van der Waals surface area contributed by atoms with Gasteiger partial charge in [0.2, 0.25) is 5.91 Å². The second kappa shape index (κ2) is 17.3. The van der Waals surface area contributed by atoms with E-state index in [2.05, 4.69) is 12.2 Å². The van der Waals surface area contributed by atoms with Crippen molar-refractivity contribution in [3.63, 3.8) is 0 Å². The van der Waals surface area contributed by atoms with Crippen LogP contribution in [0.3, 0.4) is 0 Å². The van der Waals surface area contributed by atoms with Crippen molar-refractivity contribution in [1.82, 2.24) is 5.32 Å². The number of carbonyl (C=O) groups excluding carboxylic acids is 2. The fourth-order valence-corrected chi connectivity index (χ4v) is 2.32. The van der Waals surface area contributed by atoms with Crippen LogP contribution in [0, 0.1) is 0 Å². The molecular weight excluding hydrogens is 289 g/mol. The predicted octanol–water partition coefficient (Wildman–Crippen LogP) is -0.0539. The molecule has 1 amide bonds. The van der Waals surface area contributed by atoms with Gasteiger partial charge in [-0.15, -0.1) is 0 Å². The molecule has 0 saturated carbocycles. The third-order valence-corrected chi connectivity index (χ3v) is 3.74. The van der Waals surface area contributed by atoms with E-state index in [1.54, 1.807) is 0 Å². The molecule has 0 aromatic carbocycles. The van der Waals surface area contributed by atoms with Crippen LogP contribution < -0.4 is 40.0 Å².